The van der Waals surface area contributed by atoms with Crippen LogP contribution in [0.3, 0.4) is 0 Å². The van der Waals surface area contributed by atoms with Crippen molar-refractivity contribution in [2.24, 2.45) is 7.05 Å². The molecule has 0 radical (unpaired) electrons. The molecule has 7 heteroatoms. The van der Waals surface area contributed by atoms with E-state index in [1.165, 1.54) is 11.8 Å². The summed E-state index contributed by atoms with van der Waals surface area (Å²) in [6.45, 7) is 0. The summed E-state index contributed by atoms with van der Waals surface area (Å²) in [5, 5.41) is 9.60. The number of nitrogens with two attached hydrogens (primary N) is 1. The summed E-state index contributed by atoms with van der Waals surface area (Å²) >= 11 is 7.32. The van der Waals surface area contributed by atoms with Crippen LogP contribution in [0.15, 0.2) is 28.8 Å². The number of halogens is 1. The van der Waals surface area contributed by atoms with Crippen molar-refractivity contribution in [3.8, 4) is 0 Å². The first kappa shape index (κ1) is 10.3. The van der Waals surface area contributed by atoms with E-state index in [1.54, 1.807) is 23.2 Å². The lowest BCUT2D eigenvalue weighted by Gasteiger charge is -2.02. The lowest BCUT2D eigenvalue weighted by molar-refractivity contribution is 0.787. The zero-order valence-corrected chi connectivity index (χ0v) is 9.46. The molecule has 2 aromatic rings. The van der Waals surface area contributed by atoms with E-state index in [0.717, 1.165) is 5.16 Å². The summed E-state index contributed by atoms with van der Waals surface area (Å²) < 4.78 is 1.79. The second-order valence-electron chi connectivity index (χ2n) is 2.88. The van der Waals surface area contributed by atoms with Crippen LogP contribution < -0.4 is 5.73 Å². The smallest absolute Gasteiger partial charge is 0.197 e. The highest BCUT2D eigenvalue weighted by Crippen LogP contribution is 2.30. The molecule has 2 rings (SSSR count). The molecule has 2 N–H and O–H groups in total. The van der Waals surface area contributed by atoms with Gasteiger partial charge in [0.25, 0.3) is 0 Å². The maximum absolute atomic E-state index is 5.98. The Bertz CT molecular complexity index is 484. The van der Waals surface area contributed by atoms with Gasteiger partial charge in [-0.3, -0.25) is 0 Å². The van der Waals surface area contributed by atoms with Gasteiger partial charge < -0.3 is 10.3 Å². The molecule has 0 aliphatic rings. The fourth-order valence-corrected chi connectivity index (χ4v) is 1.97. The van der Waals surface area contributed by atoms with E-state index in [2.05, 4.69) is 15.2 Å². The summed E-state index contributed by atoms with van der Waals surface area (Å²) in [6.07, 6.45) is 3.18. The number of pyridine rings is 1. The van der Waals surface area contributed by atoms with E-state index in [-0.39, 0.29) is 0 Å². The first-order valence-corrected chi connectivity index (χ1v) is 5.29. The molecule has 2 aromatic heterocycles. The van der Waals surface area contributed by atoms with Gasteiger partial charge in [0.05, 0.1) is 16.9 Å². The summed E-state index contributed by atoms with van der Waals surface area (Å²) in [7, 11) is 1.85. The minimum atomic E-state index is 0.517. The van der Waals surface area contributed by atoms with Crippen molar-refractivity contribution >= 4 is 29.1 Å². The Morgan fingerprint density at radius 3 is 2.93 bits per heavy atom. The molecule has 0 atom stereocenters. The van der Waals surface area contributed by atoms with Crippen LogP contribution in [0.4, 0.5) is 5.69 Å². The Labute approximate surface area is 95.7 Å². The van der Waals surface area contributed by atoms with Crippen molar-refractivity contribution < 1.29 is 0 Å². The van der Waals surface area contributed by atoms with Crippen LogP contribution >= 0.6 is 23.4 Å². The molecule has 0 saturated carbocycles. The maximum atomic E-state index is 5.98. The topological polar surface area (TPSA) is 69.6 Å². The van der Waals surface area contributed by atoms with Gasteiger partial charge in [0.2, 0.25) is 0 Å². The largest absolute Gasteiger partial charge is 0.397 e. The van der Waals surface area contributed by atoms with Gasteiger partial charge in [0.1, 0.15) is 11.4 Å². The predicted molar refractivity (Wildman–Crippen MR) is 58.8 cm³/mol. The fourth-order valence-electron chi connectivity index (χ4n) is 0.967. The van der Waals surface area contributed by atoms with E-state index in [0.29, 0.717) is 15.7 Å². The van der Waals surface area contributed by atoms with Gasteiger partial charge >= 0.3 is 0 Å². The zero-order chi connectivity index (χ0) is 10.8. The molecule has 0 aromatic carbocycles. The number of hydrogen-bond acceptors (Lipinski definition) is 5. The average Bonchev–Trinajstić information content (AvgIpc) is 2.57. The summed E-state index contributed by atoms with van der Waals surface area (Å²) in [6, 6.07) is 1.66. The highest BCUT2D eigenvalue weighted by Gasteiger charge is 2.08. The van der Waals surface area contributed by atoms with Gasteiger partial charge in [-0.25, -0.2) is 4.98 Å². The van der Waals surface area contributed by atoms with Crippen LogP contribution in [0.2, 0.25) is 5.02 Å². The van der Waals surface area contributed by atoms with Gasteiger partial charge in [-0.15, -0.1) is 10.2 Å². The van der Waals surface area contributed by atoms with E-state index in [9.17, 15) is 0 Å². The van der Waals surface area contributed by atoms with Crippen LogP contribution in [-0.2, 0) is 7.05 Å². The highest BCUT2D eigenvalue weighted by molar-refractivity contribution is 7.99. The normalized spacial score (nSPS) is 10.5. The Morgan fingerprint density at radius 1 is 1.53 bits per heavy atom. The SMILES string of the molecule is Cn1cnnc1Sc1ncc(N)cc1Cl. The number of rotatable bonds is 2. The monoisotopic (exact) mass is 241 g/mol. The molecule has 0 saturated heterocycles. The molecule has 0 aliphatic carbocycles. The summed E-state index contributed by atoms with van der Waals surface area (Å²) in [5.74, 6) is 0. The van der Waals surface area contributed by atoms with Crippen LogP contribution in [0.5, 0.6) is 0 Å². The average molecular weight is 242 g/mol. The van der Waals surface area contributed by atoms with Gasteiger partial charge in [-0.2, -0.15) is 0 Å². The summed E-state index contributed by atoms with van der Waals surface area (Å²) in [4.78, 5) is 4.12. The number of nitrogens with zero attached hydrogens (tertiary/aromatic N) is 4. The molecule has 78 valence electrons. The van der Waals surface area contributed by atoms with Crippen molar-refractivity contribution in [1.29, 1.82) is 0 Å². The minimum absolute atomic E-state index is 0.517. The molecular formula is C8H8ClN5S. The first-order chi connectivity index (χ1) is 7.16. The van der Waals surface area contributed by atoms with Crippen LogP contribution in [-0.4, -0.2) is 19.7 Å². The molecule has 15 heavy (non-hydrogen) atoms. The van der Waals surface area contributed by atoms with E-state index >= 15 is 0 Å². The van der Waals surface area contributed by atoms with Crippen LogP contribution in [0.25, 0.3) is 0 Å². The minimum Gasteiger partial charge on any atom is -0.397 e. The highest BCUT2D eigenvalue weighted by atomic mass is 35.5. The zero-order valence-electron chi connectivity index (χ0n) is 7.88. The molecule has 0 fully saturated rings. The molecule has 0 amide bonds. The van der Waals surface area contributed by atoms with Crippen molar-refractivity contribution in [3.05, 3.63) is 23.6 Å². The molecule has 2 heterocycles. The number of anilines is 1. The molecular weight excluding hydrogens is 234 g/mol. The third-order valence-corrected chi connectivity index (χ3v) is 3.16. The van der Waals surface area contributed by atoms with Crippen molar-refractivity contribution in [3.63, 3.8) is 0 Å². The second-order valence-corrected chi connectivity index (χ2v) is 4.25. The molecule has 0 unspecified atom stereocenters. The van der Waals surface area contributed by atoms with Gasteiger partial charge in [-0.05, 0) is 17.8 Å². The Hall–Kier alpha value is -1.27. The van der Waals surface area contributed by atoms with Crippen LogP contribution in [0, 0.1) is 0 Å². The van der Waals surface area contributed by atoms with E-state index in [1.807, 2.05) is 7.05 Å². The van der Waals surface area contributed by atoms with Crippen molar-refractivity contribution in [1.82, 2.24) is 19.7 Å². The van der Waals surface area contributed by atoms with Crippen molar-refractivity contribution in [2.75, 3.05) is 5.73 Å². The number of aromatic nitrogens is 4. The number of hydrogen-bond donors (Lipinski definition) is 1. The van der Waals surface area contributed by atoms with Crippen LogP contribution in [0.1, 0.15) is 0 Å². The number of nitrogen functional groups attached to an aromatic ring is 1. The van der Waals surface area contributed by atoms with Crippen molar-refractivity contribution in [2.45, 2.75) is 10.2 Å². The van der Waals surface area contributed by atoms with E-state index < -0.39 is 0 Å². The Kier molecular flexibility index (Phi) is 2.79. The standard InChI is InChI=1S/C8H8ClN5S/c1-14-4-12-13-8(14)15-7-6(9)2-5(10)3-11-7/h2-4H,10H2,1H3. The summed E-state index contributed by atoms with van der Waals surface area (Å²) in [5.41, 5.74) is 6.09. The van der Waals surface area contributed by atoms with Gasteiger partial charge in [0.15, 0.2) is 5.16 Å². The number of aryl methyl sites for hydroxylation is 1. The van der Waals surface area contributed by atoms with Gasteiger partial charge in [0, 0.05) is 7.05 Å². The fraction of sp³-hybridized carbons (Fsp3) is 0.125. The lowest BCUT2D eigenvalue weighted by atomic mass is 10.4. The third kappa shape index (κ3) is 2.21. The van der Waals surface area contributed by atoms with E-state index in [4.69, 9.17) is 17.3 Å². The molecule has 0 spiro atoms. The second kappa shape index (κ2) is 4.08. The quantitative estimate of drug-likeness (QED) is 0.865. The predicted octanol–water partition coefficient (Wildman–Crippen LogP) is 1.60. The van der Waals surface area contributed by atoms with Gasteiger partial charge in [-0.1, -0.05) is 11.6 Å². The maximum Gasteiger partial charge on any atom is 0.197 e. The third-order valence-electron chi connectivity index (χ3n) is 1.69. The Balaban J connectivity index is 2.29. The first-order valence-electron chi connectivity index (χ1n) is 4.09. The molecule has 0 bridgehead atoms. The lowest BCUT2D eigenvalue weighted by Crippen LogP contribution is -1.92. The molecule has 5 nitrogen and oxygen atoms in total. The Morgan fingerprint density at radius 2 is 2.33 bits per heavy atom. The molecule has 0 aliphatic heterocycles.